The molecule has 4 heterocycles. The van der Waals surface area contributed by atoms with Crippen molar-refractivity contribution >= 4 is 11.0 Å². The molecule has 1 N–H and O–H groups in total. The van der Waals surface area contributed by atoms with Gasteiger partial charge in [-0.15, -0.1) is 0 Å². The van der Waals surface area contributed by atoms with Crippen LogP contribution in [0.4, 0.5) is 4.39 Å². The predicted octanol–water partition coefficient (Wildman–Crippen LogP) is 3.28. The lowest BCUT2D eigenvalue weighted by molar-refractivity contribution is 0.390. The number of aromatic nitrogens is 5. The molecule has 8 heteroatoms. The summed E-state index contributed by atoms with van der Waals surface area (Å²) in [5.74, 6) is 1.43. The zero-order chi connectivity index (χ0) is 20.2. The van der Waals surface area contributed by atoms with E-state index in [0.29, 0.717) is 42.3 Å². The third-order valence-corrected chi connectivity index (χ3v) is 4.68. The Morgan fingerprint density at radius 3 is 2.48 bits per heavy atom. The molecule has 0 saturated carbocycles. The van der Waals surface area contributed by atoms with E-state index in [2.05, 4.69) is 24.9 Å². The predicted molar refractivity (Wildman–Crippen MR) is 106 cm³/mol. The fourth-order valence-corrected chi connectivity index (χ4v) is 3.20. The topological polar surface area (TPSA) is 85.8 Å². The van der Waals surface area contributed by atoms with Crippen LogP contribution in [0.25, 0.3) is 11.0 Å². The molecule has 0 atom stereocenters. The van der Waals surface area contributed by atoms with Crippen LogP contribution in [-0.2, 0) is 19.3 Å². The van der Waals surface area contributed by atoms with Crippen molar-refractivity contribution in [2.24, 2.45) is 0 Å². The van der Waals surface area contributed by atoms with Crippen LogP contribution in [0.1, 0.15) is 22.5 Å². The Kier molecular flexibility index (Phi) is 5.33. The number of ether oxygens (including phenoxy) is 2. The zero-order valence-corrected chi connectivity index (χ0v) is 16.1. The van der Waals surface area contributed by atoms with Crippen molar-refractivity contribution in [3.8, 4) is 11.6 Å². The van der Waals surface area contributed by atoms with Gasteiger partial charge in [-0.05, 0) is 29.7 Å². The Bertz CT molecular complexity index is 1130. The van der Waals surface area contributed by atoms with Gasteiger partial charge in [-0.1, -0.05) is 0 Å². The van der Waals surface area contributed by atoms with Crippen LogP contribution in [0.5, 0.6) is 11.6 Å². The van der Waals surface area contributed by atoms with Gasteiger partial charge in [0.2, 0.25) is 5.88 Å². The highest BCUT2D eigenvalue weighted by molar-refractivity contribution is 5.81. The Labute approximate surface area is 167 Å². The van der Waals surface area contributed by atoms with E-state index >= 15 is 0 Å². The quantitative estimate of drug-likeness (QED) is 0.519. The molecule has 0 aliphatic heterocycles. The van der Waals surface area contributed by atoms with Gasteiger partial charge in [-0.25, -0.2) is 24.3 Å². The molecule has 0 saturated heterocycles. The molecule has 29 heavy (non-hydrogen) atoms. The maximum absolute atomic E-state index is 13.4. The van der Waals surface area contributed by atoms with Crippen LogP contribution in [-0.4, -0.2) is 39.1 Å². The van der Waals surface area contributed by atoms with Crippen LogP contribution in [0.15, 0.2) is 43.1 Å². The second kappa shape index (κ2) is 8.22. The van der Waals surface area contributed by atoms with Gasteiger partial charge in [-0.2, -0.15) is 0 Å². The second-order valence-corrected chi connectivity index (χ2v) is 6.59. The molecule has 0 amide bonds. The molecule has 0 aliphatic rings. The number of pyridine rings is 2. The highest BCUT2D eigenvalue weighted by Gasteiger charge is 2.10. The van der Waals surface area contributed by atoms with Gasteiger partial charge in [0.1, 0.15) is 23.0 Å². The lowest BCUT2D eigenvalue weighted by Gasteiger charge is -2.07. The normalized spacial score (nSPS) is 11.0. The summed E-state index contributed by atoms with van der Waals surface area (Å²) >= 11 is 0. The molecule has 148 valence electrons. The Morgan fingerprint density at radius 1 is 0.897 bits per heavy atom. The van der Waals surface area contributed by atoms with Crippen LogP contribution >= 0.6 is 0 Å². The molecule has 0 aliphatic carbocycles. The summed E-state index contributed by atoms with van der Waals surface area (Å²) in [5, 5.41) is 1.01. The van der Waals surface area contributed by atoms with Crippen LogP contribution < -0.4 is 9.47 Å². The lowest BCUT2D eigenvalue weighted by Crippen LogP contribution is -2.02. The Morgan fingerprint density at radius 2 is 1.72 bits per heavy atom. The molecule has 7 nitrogen and oxygen atoms in total. The number of fused-ring (bicyclic) bond motifs is 1. The van der Waals surface area contributed by atoms with E-state index in [9.17, 15) is 4.39 Å². The number of H-pyrrole nitrogens is 1. The first kappa shape index (κ1) is 18.8. The van der Waals surface area contributed by atoms with E-state index in [-0.39, 0.29) is 5.82 Å². The first-order valence-electron chi connectivity index (χ1n) is 9.14. The second-order valence-electron chi connectivity index (χ2n) is 6.59. The summed E-state index contributed by atoms with van der Waals surface area (Å²) in [7, 11) is 3.14. The number of halogens is 1. The minimum absolute atomic E-state index is 0.387. The summed E-state index contributed by atoms with van der Waals surface area (Å²) in [5.41, 5.74) is 3.59. The number of nitrogens with one attached hydrogen (secondary N) is 1. The van der Waals surface area contributed by atoms with Crippen molar-refractivity contribution in [1.29, 1.82) is 0 Å². The first-order chi connectivity index (χ1) is 14.2. The van der Waals surface area contributed by atoms with Crippen molar-refractivity contribution in [3.05, 3.63) is 71.4 Å². The average Bonchev–Trinajstić information content (AvgIpc) is 3.15. The van der Waals surface area contributed by atoms with Gasteiger partial charge in [0.15, 0.2) is 0 Å². The highest BCUT2D eigenvalue weighted by Crippen LogP contribution is 2.23. The molecular formula is C21H20FN5O2. The van der Waals surface area contributed by atoms with Gasteiger partial charge in [0.05, 0.1) is 26.6 Å². The first-order valence-corrected chi connectivity index (χ1v) is 9.14. The van der Waals surface area contributed by atoms with Crippen molar-refractivity contribution in [2.75, 3.05) is 14.2 Å². The molecule has 0 aromatic carbocycles. The average molecular weight is 393 g/mol. The van der Waals surface area contributed by atoms with E-state index in [4.69, 9.17) is 9.47 Å². The largest absolute Gasteiger partial charge is 0.495 e. The number of hydrogen-bond donors (Lipinski definition) is 1. The molecule has 0 fully saturated rings. The zero-order valence-electron chi connectivity index (χ0n) is 16.1. The number of nitrogens with zero attached hydrogens (tertiary/aromatic N) is 4. The van der Waals surface area contributed by atoms with Crippen LogP contribution in [0.3, 0.4) is 0 Å². The Balaban J connectivity index is 1.45. The number of methoxy groups -OCH3 is 2. The standard InChI is InChI=1S/C21H20FN5O2/c1-28-17-7-18-15(10-25-20(18)26-12-17)5-13-8-23-19(24-9-13)4-3-14-6-16(22)11-27-21(14)29-2/h6-12H,3-5H2,1-2H3,(H,25,26). The third kappa shape index (κ3) is 4.16. The van der Waals surface area contributed by atoms with Crippen molar-refractivity contribution in [1.82, 2.24) is 24.9 Å². The maximum atomic E-state index is 13.4. The highest BCUT2D eigenvalue weighted by atomic mass is 19.1. The molecule has 4 aromatic heterocycles. The van der Waals surface area contributed by atoms with E-state index in [1.807, 2.05) is 24.7 Å². The summed E-state index contributed by atoms with van der Waals surface area (Å²) in [6, 6.07) is 3.39. The van der Waals surface area contributed by atoms with E-state index < -0.39 is 0 Å². The van der Waals surface area contributed by atoms with Gasteiger partial charge >= 0.3 is 0 Å². The smallest absolute Gasteiger partial charge is 0.216 e. The Hall–Kier alpha value is -3.55. The van der Waals surface area contributed by atoms with Crippen molar-refractivity contribution < 1.29 is 13.9 Å². The van der Waals surface area contributed by atoms with Gasteiger partial charge in [0.25, 0.3) is 0 Å². The monoisotopic (exact) mass is 393 g/mol. The molecule has 0 unspecified atom stereocenters. The fourth-order valence-electron chi connectivity index (χ4n) is 3.20. The van der Waals surface area contributed by atoms with Crippen LogP contribution in [0.2, 0.25) is 0 Å². The van der Waals surface area contributed by atoms with E-state index in [1.54, 1.807) is 13.3 Å². The summed E-state index contributed by atoms with van der Waals surface area (Å²) in [6.45, 7) is 0. The summed E-state index contributed by atoms with van der Waals surface area (Å²) < 4.78 is 23.9. The summed E-state index contributed by atoms with van der Waals surface area (Å²) in [4.78, 5) is 20.4. The maximum Gasteiger partial charge on any atom is 0.216 e. The molecular weight excluding hydrogens is 373 g/mol. The van der Waals surface area contributed by atoms with Crippen molar-refractivity contribution in [3.63, 3.8) is 0 Å². The third-order valence-electron chi connectivity index (χ3n) is 4.68. The SMILES string of the molecule is COc1cnc2[nH]cc(Cc3cnc(CCc4cc(F)cnc4OC)nc3)c2c1. The van der Waals surface area contributed by atoms with Crippen LogP contribution in [0, 0.1) is 5.82 Å². The minimum atomic E-state index is -0.387. The molecule has 0 radical (unpaired) electrons. The molecule has 4 aromatic rings. The van der Waals surface area contributed by atoms with E-state index in [1.165, 1.54) is 13.2 Å². The number of rotatable bonds is 7. The number of aromatic amines is 1. The van der Waals surface area contributed by atoms with Gasteiger partial charge in [0, 0.05) is 42.4 Å². The van der Waals surface area contributed by atoms with E-state index in [0.717, 1.165) is 28.4 Å². The number of aryl methyl sites for hydroxylation is 2. The molecule has 0 bridgehead atoms. The van der Waals surface area contributed by atoms with Gasteiger partial charge in [-0.3, -0.25) is 0 Å². The number of hydrogen-bond acceptors (Lipinski definition) is 6. The summed E-state index contributed by atoms with van der Waals surface area (Å²) in [6.07, 6.45) is 10.2. The lowest BCUT2D eigenvalue weighted by atomic mass is 10.1. The minimum Gasteiger partial charge on any atom is -0.495 e. The molecule has 0 spiro atoms. The fraction of sp³-hybridized carbons (Fsp3) is 0.238. The van der Waals surface area contributed by atoms with Gasteiger partial charge < -0.3 is 14.5 Å². The van der Waals surface area contributed by atoms with Crippen molar-refractivity contribution in [2.45, 2.75) is 19.3 Å². The molecule has 4 rings (SSSR count).